The number of hydrogen-bond donors (Lipinski definition) is 1. The molecular formula is C16H26N2. The SMILES string of the molecule is CC(C)N1c2ccc(CN)cc2[C@H](C)CC1(C)C. The van der Waals surface area contributed by atoms with Crippen molar-refractivity contribution in [3.63, 3.8) is 0 Å². The standard InChI is InChI=1S/C16H26N2/c1-11(2)18-15-7-6-13(10-17)8-14(15)12(3)9-16(18,4)5/h6-8,11-12H,9-10,17H2,1-5H3/t12-/m1/s1. The Labute approximate surface area is 111 Å². The van der Waals surface area contributed by atoms with Gasteiger partial charge in [-0.15, -0.1) is 0 Å². The van der Waals surface area contributed by atoms with Crippen LogP contribution in [-0.2, 0) is 6.54 Å². The molecule has 0 spiro atoms. The van der Waals surface area contributed by atoms with E-state index in [9.17, 15) is 0 Å². The van der Waals surface area contributed by atoms with Crippen LogP contribution in [0.2, 0.25) is 0 Å². The summed E-state index contributed by atoms with van der Waals surface area (Å²) in [5, 5.41) is 0. The number of nitrogens with zero attached hydrogens (tertiary/aromatic N) is 1. The van der Waals surface area contributed by atoms with E-state index in [0.717, 1.165) is 0 Å². The van der Waals surface area contributed by atoms with Crippen LogP contribution in [0.4, 0.5) is 5.69 Å². The van der Waals surface area contributed by atoms with Crippen LogP contribution in [0.3, 0.4) is 0 Å². The maximum Gasteiger partial charge on any atom is 0.0408 e. The minimum Gasteiger partial charge on any atom is -0.364 e. The summed E-state index contributed by atoms with van der Waals surface area (Å²) in [6, 6.07) is 7.25. The van der Waals surface area contributed by atoms with Crippen molar-refractivity contribution in [1.82, 2.24) is 0 Å². The molecule has 1 aliphatic heterocycles. The number of nitrogens with two attached hydrogens (primary N) is 1. The topological polar surface area (TPSA) is 29.3 Å². The van der Waals surface area contributed by atoms with Crippen LogP contribution >= 0.6 is 0 Å². The molecule has 2 rings (SSSR count). The molecule has 0 aromatic heterocycles. The van der Waals surface area contributed by atoms with E-state index in [2.05, 4.69) is 57.7 Å². The molecule has 1 aromatic rings. The molecule has 0 saturated carbocycles. The Hall–Kier alpha value is -1.02. The van der Waals surface area contributed by atoms with Crippen molar-refractivity contribution in [3.05, 3.63) is 29.3 Å². The number of anilines is 1. The lowest BCUT2D eigenvalue weighted by Gasteiger charge is -2.50. The van der Waals surface area contributed by atoms with Gasteiger partial charge >= 0.3 is 0 Å². The largest absolute Gasteiger partial charge is 0.364 e. The Morgan fingerprint density at radius 3 is 2.61 bits per heavy atom. The quantitative estimate of drug-likeness (QED) is 0.863. The zero-order valence-electron chi connectivity index (χ0n) is 12.3. The molecule has 0 fully saturated rings. The highest BCUT2D eigenvalue weighted by molar-refractivity contribution is 5.61. The van der Waals surface area contributed by atoms with Crippen LogP contribution in [0.5, 0.6) is 0 Å². The van der Waals surface area contributed by atoms with Crippen LogP contribution in [0.15, 0.2) is 18.2 Å². The Balaban J connectivity index is 2.54. The Morgan fingerprint density at radius 1 is 1.39 bits per heavy atom. The van der Waals surface area contributed by atoms with E-state index >= 15 is 0 Å². The van der Waals surface area contributed by atoms with Gasteiger partial charge in [-0.3, -0.25) is 0 Å². The average Bonchev–Trinajstić information content (AvgIpc) is 2.26. The van der Waals surface area contributed by atoms with Crippen LogP contribution in [0.25, 0.3) is 0 Å². The van der Waals surface area contributed by atoms with Crippen molar-refractivity contribution >= 4 is 5.69 Å². The fraction of sp³-hybridized carbons (Fsp3) is 0.625. The van der Waals surface area contributed by atoms with Gasteiger partial charge in [0.1, 0.15) is 0 Å². The summed E-state index contributed by atoms with van der Waals surface area (Å²) in [6.07, 6.45) is 1.20. The van der Waals surface area contributed by atoms with Gasteiger partial charge in [-0.25, -0.2) is 0 Å². The number of benzene rings is 1. The van der Waals surface area contributed by atoms with Crippen LogP contribution < -0.4 is 10.6 Å². The number of rotatable bonds is 2. The minimum absolute atomic E-state index is 0.227. The van der Waals surface area contributed by atoms with Gasteiger partial charge in [-0.2, -0.15) is 0 Å². The van der Waals surface area contributed by atoms with Gasteiger partial charge in [0, 0.05) is 23.8 Å². The first-order chi connectivity index (χ1) is 8.36. The Kier molecular flexibility index (Phi) is 3.41. The summed E-state index contributed by atoms with van der Waals surface area (Å²) in [6.45, 7) is 12.2. The summed E-state index contributed by atoms with van der Waals surface area (Å²) in [5.41, 5.74) is 10.1. The van der Waals surface area contributed by atoms with E-state index in [-0.39, 0.29) is 5.54 Å². The van der Waals surface area contributed by atoms with E-state index in [4.69, 9.17) is 5.73 Å². The van der Waals surface area contributed by atoms with Crippen LogP contribution in [-0.4, -0.2) is 11.6 Å². The molecule has 0 unspecified atom stereocenters. The molecule has 1 atom stereocenters. The van der Waals surface area contributed by atoms with Crippen LogP contribution in [0, 0.1) is 0 Å². The fourth-order valence-electron chi connectivity index (χ4n) is 3.61. The van der Waals surface area contributed by atoms with E-state index in [1.54, 1.807) is 0 Å². The van der Waals surface area contributed by atoms with Gasteiger partial charge in [-0.05, 0) is 57.2 Å². The van der Waals surface area contributed by atoms with Crippen molar-refractivity contribution in [2.75, 3.05) is 4.90 Å². The van der Waals surface area contributed by atoms with E-state index < -0.39 is 0 Å². The first-order valence-electron chi connectivity index (χ1n) is 6.99. The fourth-order valence-corrected chi connectivity index (χ4v) is 3.61. The molecule has 0 radical (unpaired) electrons. The van der Waals surface area contributed by atoms with Crippen molar-refractivity contribution in [2.24, 2.45) is 5.73 Å². The van der Waals surface area contributed by atoms with Gasteiger partial charge < -0.3 is 10.6 Å². The van der Waals surface area contributed by atoms with Crippen LogP contribution in [0.1, 0.15) is 58.1 Å². The van der Waals surface area contributed by atoms with Gasteiger partial charge in [0.05, 0.1) is 0 Å². The lowest BCUT2D eigenvalue weighted by molar-refractivity contribution is 0.356. The molecule has 1 aromatic carbocycles. The highest BCUT2D eigenvalue weighted by Gasteiger charge is 2.37. The number of fused-ring (bicyclic) bond motifs is 1. The average molecular weight is 246 g/mol. The number of hydrogen-bond acceptors (Lipinski definition) is 2. The monoisotopic (exact) mass is 246 g/mol. The second-order valence-electron chi connectivity index (χ2n) is 6.48. The lowest BCUT2D eigenvalue weighted by atomic mass is 9.79. The molecular weight excluding hydrogens is 220 g/mol. The summed E-state index contributed by atoms with van der Waals surface area (Å²) < 4.78 is 0. The van der Waals surface area contributed by atoms with Gasteiger partial charge in [-0.1, -0.05) is 19.1 Å². The molecule has 1 aliphatic rings. The Morgan fingerprint density at radius 2 is 2.06 bits per heavy atom. The second kappa shape index (κ2) is 4.58. The summed E-state index contributed by atoms with van der Waals surface area (Å²) in [4.78, 5) is 2.56. The minimum atomic E-state index is 0.227. The maximum absolute atomic E-state index is 5.76. The highest BCUT2D eigenvalue weighted by atomic mass is 15.2. The highest BCUT2D eigenvalue weighted by Crippen LogP contribution is 2.44. The normalized spacial score (nSPS) is 22.2. The smallest absolute Gasteiger partial charge is 0.0408 e. The summed E-state index contributed by atoms with van der Waals surface area (Å²) >= 11 is 0. The van der Waals surface area contributed by atoms with Crippen molar-refractivity contribution < 1.29 is 0 Å². The molecule has 18 heavy (non-hydrogen) atoms. The second-order valence-corrected chi connectivity index (χ2v) is 6.48. The predicted octanol–water partition coefficient (Wildman–Crippen LogP) is 3.65. The Bertz CT molecular complexity index is 435. The predicted molar refractivity (Wildman–Crippen MR) is 79.1 cm³/mol. The van der Waals surface area contributed by atoms with E-state index in [0.29, 0.717) is 18.5 Å². The van der Waals surface area contributed by atoms with Gasteiger partial charge in [0.15, 0.2) is 0 Å². The third-order valence-corrected chi connectivity index (χ3v) is 4.09. The van der Waals surface area contributed by atoms with Crippen molar-refractivity contribution in [1.29, 1.82) is 0 Å². The van der Waals surface area contributed by atoms with Gasteiger partial charge in [0.25, 0.3) is 0 Å². The molecule has 2 nitrogen and oxygen atoms in total. The zero-order valence-corrected chi connectivity index (χ0v) is 12.3. The molecule has 0 aliphatic carbocycles. The van der Waals surface area contributed by atoms with Gasteiger partial charge in [0.2, 0.25) is 0 Å². The molecule has 0 amide bonds. The maximum atomic E-state index is 5.76. The molecule has 0 saturated heterocycles. The first-order valence-corrected chi connectivity index (χ1v) is 6.99. The summed E-state index contributed by atoms with van der Waals surface area (Å²) in [7, 11) is 0. The molecule has 2 N–H and O–H groups in total. The molecule has 1 heterocycles. The summed E-state index contributed by atoms with van der Waals surface area (Å²) in [5.74, 6) is 0.608. The van der Waals surface area contributed by atoms with Crippen molar-refractivity contribution in [2.45, 2.75) is 65.1 Å². The molecule has 0 bridgehead atoms. The van der Waals surface area contributed by atoms with E-state index in [1.807, 2.05) is 0 Å². The lowest BCUT2D eigenvalue weighted by Crippen LogP contribution is -2.51. The zero-order chi connectivity index (χ0) is 13.5. The first kappa shape index (κ1) is 13.4. The van der Waals surface area contributed by atoms with Crippen molar-refractivity contribution in [3.8, 4) is 0 Å². The molecule has 100 valence electrons. The van der Waals surface area contributed by atoms with E-state index in [1.165, 1.54) is 23.2 Å². The molecule has 2 heteroatoms. The third-order valence-electron chi connectivity index (χ3n) is 4.09. The third kappa shape index (κ3) is 2.14.